The summed E-state index contributed by atoms with van der Waals surface area (Å²) in [5.74, 6) is 0. The Hall–Kier alpha value is 2.44. The van der Waals surface area contributed by atoms with Crippen molar-refractivity contribution in [1.29, 1.82) is 0 Å². The van der Waals surface area contributed by atoms with Gasteiger partial charge in [0.1, 0.15) is 0 Å². The SMILES string of the molecule is [Cl][Pt]([I])[I]. The molecule has 0 aromatic carbocycles. The summed E-state index contributed by atoms with van der Waals surface area (Å²) >= 11 is 4.51. The summed E-state index contributed by atoms with van der Waals surface area (Å²) in [5.41, 5.74) is 0. The molecule has 0 heterocycles. The first-order valence-electron chi connectivity index (χ1n) is 0.359. The summed E-state index contributed by atoms with van der Waals surface area (Å²) < 4.78 is 0. The molecular weight excluding hydrogens is 484 g/mol. The van der Waals surface area contributed by atoms with Crippen LogP contribution < -0.4 is 0 Å². The van der Waals surface area contributed by atoms with E-state index in [-0.39, 0.29) is 0 Å². The van der Waals surface area contributed by atoms with Gasteiger partial charge in [-0.2, -0.15) is 0 Å². The molecule has 0 bridgehead atoms. The Kier molecular flexibility index (Phi) is 5.83. The molecule has 0 aliphatic heterocycles. The fourth-order valence-corrected chi connectivity index (χ4v) is 0. The Morgan fingerprint density at radius 3 is 1.50 bits per heavy atom. The zero-order valence-corrected chi connectivity index (χ0v) is 8.79. The molecule has 0 N–H and O–H groups in total. The van der Waals surface area contributed by atoms with Crippen LogP contribution >= 0.6 is 48.1 Å². The molecule has 0 saturated carbocycles. The Bertz CT molecular complexity index is 10.8. The summed E-state index contributed by atoms with van der Waals surface area (Å²) in [7, 11) is 4.55. The molecule has 0 fully saturated rings. The van der Waals surface area contributed by atoms with Crippen LogP contribution in [0.4, 0.5) is 0 Å². The zero-order valence-electron chi connectivity index (χ0n) is 1.45. The molecule has 0 aromatic rings. The van der Waals surface area contributed by atoms with Gasteiger partial charge in [0.15, 0.2) is 0 Å². The van der Waals surface area contributed by atoms with E-state index in [1.165, 1.54) is 0 Å². The van der Waals surface area contributed by atoms with Gasteiger partial charge in [-0.15, -0.1) is 0 Å². The molecule has 0 spiro atoms. The van der Waals surface area contributed by atoms with Crippen LogP contribution in [0.15, 0.2) is 0 Å². The van der Waals surface area contributed by atoms with E-state index >= 15 is 0 Å². The minimum atomic E-state index is -0.856. The third-order valence-electron chi connectivity index (χ3n) is 0. The van der Waals surface area contributed by atoms with Crippen molar-refractivity contribution in [3.8, 4) is 0 Å². The minimum absolute atomic E-state index is 0.856. The van der Waals surface area contributed by atoms with Crippen molar-refractivity contribution in [3.05, 3.63) is 0 Å². The van der Waals surface area contributed by atoms with E-state index in [1.807, 2.05) is 0 Å². The van der Waals surface area contributed by atoms with Crippen LogP contribution in [0.1, 0.15) is 0 Å². The molecule has 4 heavy (non-hydrogen) atoms. The molecule has 31 valence electrons. The molecule has 0 amide bonds. The molecule has 4 heteroatoms. The molecule has 0 rings (SSSR count). The van der Waals surface area contributed by atoms with Gasteiger partial charge in [0.25, 0.3) is 0 Å². The van der Waals surface area contributed by atoms with Gasteiger partial charge in [0.05, 0.1) is 0 Å². The van der Waals surface area contributed by atoms with Gasteiger partial charge in [0.2, 0.25) is 0 Å². The Balaban J connectivity index is 2.32. The fourth-order valence-electron chi connectivity index (χ4n) is 0. The maximum absolute atomic E-state index is 5.41. The van der Waals surface area contributed by atoms with E-state index in [0.717, 1.165) is 0 Å². The third kappa shape index (κ3) is 8.83. The molecule has 0 nitrogen and oxygen atoms in total. The summed E-state index contributed by atoms with van der Waals surface area (Å²) in [4.78, 5) is 0. The third-order valence-corrected chi connectivity index (χ3v) is 0. The van der Waals surface area contributed by atoms with Gasteiger partial charge in [-0.3, -0.25) is 0 Å². The van der Waals surface area contributed by atoms with Crippen LogP contribution in [0.25, 0.3) is 0 Å². The second-order valence-corrected chi connectivity index (χ2v) is 31.5. The average Bonchev–Trinajstić information content (AvgIpc) is 0.811. The van der Waals surface area contributed by atoms with Crippen LogP contribution in [0.5, 0.6) is 0 Å². The van der Waals surface area contributed by atoms with Gasteiger partial charge in [0, 0.05) is 0 Å². The van der Waals surface area contributed by atoms with E-state index in [2.05, 4.69) is 38.7 Å². The maximum atomic E-state index is 5.41. The van der Waals surface area contributed by atoms with E-state index in [4.69, 9.17) is 9.42 Å². The topological polar surface area (TPSA) is 0 Å². The molecule has 0 unspecified atom stereocenters. The van der Waals surface area contributed by atoms with Crippen LogP contribution in [0, 0.1) is 0 Å². The number of halogens is 3. The van der Waals surface area contributed by atoms with Gasteiger partial charge < -0.3 is 0 Å². The van der Waals surface area contributed by atoms with Crippen molar-refractivity contribution >= 4 is 48.1 Å². The van der Waals surface area contributed by atoms with Crippen molar-refractivity contribution in [1.82, 2.24) is 0 Å². The van der Waals surface area contributed by atoms with Crippen molar-refractivity contribution in [2.24, 2.45) is 0 Å². The van der Waals surface area contributed by atoms with Crippen LogP contribution in [0.2, 0.25) is 0 Å². The molecule has 0 aliphatic rings. The Labute approximate surface area is 55.8 Å². The summed E-state index contributed by atoms with van der Waals surface area (Å²) in [5, 5.41) is 0. The summed E-state index contributed by atoms with van der Waals surface area (Å²) in [6.07, 6.45) is 0. The van der Waals surface area contributed by atoms with E-state index in [9.17, 15) is 0 Å². The number of hydrogen-bond acceptors (Lipinski definition) is 0. The van der Waals surface area contributed by atoms with Gasteiger partial charge in [-0.1, -0.05) is 0 Å². The Morgan fingerprint density at radius 2 is 1.50 bits per heavy atom. The second kappa shape index (κ2) is 3.62. The monoisotopic (exact) mass is 484 g/mol. The van der Waals surface area contributed by atoms with Crippen molar-refractivity contribution in [2.45, 2.75) is 0 Å². The fraction of sp³-hybridized carbons (Fsp3) is 0. The number of rotatable bonds is 0. The van der Waals surface area contributed by atoms with Gasteiger partial charge in [-0.25, -0.2) is 0 Å². The first-order chi connectivity index (χ1) is 1.73. The van der Waals surface area contributed by atoms with Gasteiger partial charge >= 0.3 is 57.0 Å². The molecule has 0 aliphatic carbocycles. The molecule has 0 aromatic heterocycles. The predicted molar refractivity (Wildman–Crippen MR) is 33.9 cm³/mol. The molecule has 0 saturated heterocycles. The standard InChI is InChI=1S/ClH.2HI.Pt/h3*1H;/q;;;+3/p-3. The van der Waals surface area contributed by atoms with Crippen molar-refractivity contribution in [3.63, 3.8) is 0 Å². The second-order valence-electron chi connectivity index (χ2n) is 0.136. The Morgan fingerprint density at radius 1 is 1.50 bits per heavy atom. The summed E-state index contributed by atoms with van der Waals surface area (Å²) in [6.45, 7) is 0. The van der Waals surface area contributed by atoms with Crippen LogP contribution in [-0.4, -0.2) is 0 Å². The average molecular weight is 484 g/mol. The van der Waals surface area contributed by atoms with Crippen molar-refractivity contribution in [2.75, 3.05) is 0 Å². The quantitative estimate of drug-likeness (QED) is 0.464. The zero-order chi connectivity index (χ0) is 3.58. The predicted octanol–water partition coefficient (Wildman–Crippen LogP) is 2.46. The normalized spacial score (nSPS) is 11.2. The summed E-state index contributed by atoms with van der Waals surface area (Å²) in [6, 6.07) is 0. The molecule has 0 radical (unpaired) electrons. The van der Waals surface area contributed by atoms with Gasteiger partial charge in [-0.05, 0) is 0 Å². The van der Waals surface area contributed by atoms with E-state index in [0.29, 0.717) is 0 Å². The number of hydrogen-bond donors (Lipinski definition) is 0. The van der Waals surface area contributed by atoms with Crippen LogP contribution in [0.3, 0.4) is 0 Å². The first kappa shape index (κ1) is 6.44. The molecule has 0 atom stereocenters. The van der Waals surface area contributed by atoms with E-state index in [1.54, 1.807) is 0 Å². The van der Waals surface area contributed by atoms with Crippen LogP contribution in [-0.2, 0) is 8.91 Å². The molecular formula is ClI2Pt. The van der Waals surface area contributed by atoms with E-state index < -0.39 is 8.91 Å². The van der Waals surface area contributed by atoms with Crippen molar-refractivity contribution < 1.29 is 8.91 Å². The first-order valence-corrected chi connectivity index (χ1v) is 16.1.